The number of methoxy groups -OCH3 is 3. The first-order valence-corrected chi connectivity index (χ1v) is 14.6. The summed E-state index contributed by atoms with van der Waals surface area (Å²) in [4.78, 5) is 26.1. The van der Waals surface area contributed by atoms with Crippen molar-refractivity contribution in [3.63, 3.8) is 0 Å². The molecule has 0 fully saturated rings. The van der Waals surface area contributed by atoms with Gasteiger partial charge in [0.2, 0.25) is 0 Å². The summed E-state index contributed by atoms with van der Waals surface area (Å²) in [7, 11) is 6.47. The van der Waals surface area contributed by atoms with Gasteiger partial charge >= 0.3 is 0 Å². The predicted molar refractivity (Wildman–Crippen MR) is 163 cm³/mol. The van der Waals surface area contributed by atoms with Crippen LogP contribution in [0.5, 0.6) is 17.2 Å². The lowest BCUT2D eigenvalue weighted by atomic mass is 9.97. The van der Waals surface area contributed by atoms with E-state index in [1.165, 1.54) is 35.0 Å². The van der Waals surface area contributed by atoms with Crippen LogP contribution < -0.4 is 19.5 Å². The Bertz CT molecular complexity index is 1690. The van der Waals surface area contributed by atoms with Crippen molar-refractivity contribution >= 4 is 29.3 Å². The molecule has 0 radical (unpaired) electrons. The molecule has 1 unspecified atom stereocenters. The normalized spacial score (nSPS) is 14.2. The molecule has 4 aromatic rings. The molecular weight excluding hydrogens is 587 g/mol. The second-order valence-electron chi connectivity index (χ2n) is 9.73. The first-order valence-electron chi connectivity index (χ1n) is 13.6. The summed E-state index contributed by atoms with van der Waals surface area (Å²) >= 11 is 1.20. The van der Waals surface area contributed by atoms with E-state index in [0.29, 0.717) is 28.9 Å². The van der Waals surface area contributed by atoms with Gasteiger partial charge in [0.05, 0.1) is 50.9 Å². The Kier molecular flexibility index (Phi) is 9.44. The summed E-state index contributed by atoms with van der Waals surface area (Å²) in [5, 5.41) is 17.7. The zero-order valence-electron chi connectivity index (χ0n) is 24.6. The molecule has 0 bridgehead atoms. The van der Waals surface area contributed by atoms with E-state index < -0.39 is 17.8 Å². The van der Waals surface area contributed by atoms with Gasteiger partial charge in [-0.15, -0.1) is 10.2 Å². The third-order valence-electron chi connectivity index (χ3n) is 7.16. The van der Waals surface area contributed by atoms with Gasteiger partial charge in [0.15, 0.2) is 22.5 Å². The topological polar surface area (TPSA) is 120 Å². The van der Waals surface area contributed by atoms with Crippen molar-refractivity contribution < 1.29 is 28.2 Å². The van der Waals surface area contributed by atoms with Crippen molar-refractivity contribution in [2.24, 2.45) is 12.1 Å². The van der Waals surface area contributed by atoms with Gasteiger partial charge in [-0.1, -0.05) is 36.0 Å². The second kappa shape index (κ2) is 13.6. The number of carbonyl (C=O) groups excluding carboxylic acids is 2. The van der Waals surface area contributed by atoms with Gasteiger partial charge in [-0.25, -0.2) is 9.40 Å². The molecule has 1 aromatic heterocycles. The number of nitrogens with zero attached hydrogens (tertiary/aromatic N) is 5. The predicted octanol–water partition coefficient (Wildman–Crippen LogP) is 4.38. The Hall–Kier alpha value is -4.91. The Morgan fingerprint density at radius 2 is 1.75 bits per heavy atom. The van der Waals surface area contributed by atoms with Crippen LogP contribution in [0, 0.1) is 5.82 Å². The molecule has 228 valence electrons. The zero-order chi connectivity index (χ0) is 31.2. The number of amides is 2. The van der Waals surface area contributed by atoms with Crippen molar-refractivity contribution in [3.05, 3.63) is 95.1 Å². The Balaban J connectivity index is 1.33. The number of rotatable bonds is 11. The van der Waals surface area contributed by atoms with Crippen LogP contribution in [0.4, 0.5) is 4.39 Å². The summed E-state index contributed by atoms with van der Waals surface area (Å²) in [6.07, 6.45) is 0.460. The van der Waals surface area contributed by atoms with E-state index >= 15 is 0 Å². The number of aromatic nitrogens is 3. The maximum absolute atomic E-state index is 14.0. The zero-order valence-corrected chi connectivity index (χ0v) is 25.4. The third-order valence-corrected chi connectivity index (χ3v) is 8.16. The molecule has 3 aromatic carbocycles. The van der Waals surface area contributed by atoms with Gasteiger partial charge in [-0.2, -0.15) is 5.10 Å². The number of ether oxygens (including phenoxy) is 3. The van der Waals surface area contributed by atoms with Gasteiger partial charge in [0.1, 0.15) is 11.6 Å². The van der Waals surface area contributed by atoms with Gasteiger partial charge in [0.25, 0.3) is 11.8 Å². The van der Waals surface area contributed by atoms with Gasteiger partial charge in [0, 0.05) is 19.0 Å². The molecule has 0 aliphatic carbocycles. The first kappa shape index (κ1) is 30.5. The highest BCUT2D eigenvalue weighted by molar-refractivity contribution is 7.99. The molecule has 1 N–H and O–H groups in total. The lowest BCUT2D eigenvalue weighted by Gasteiger charge is -2.24. The Morgan fingerprint density at radius 3 is 2.45 bits per heavy atom. The maximum Gasteiger partial charge on any atom is 0.254 e. The van der Waals surface area contributed by atoms with Crippen LogP contribution in [-0.4, -0.2) is 64.4 Å². The highest BCUT2D eigenvalue weighted by Crippen LogP contribution is 2.42. The smallest absolute Gasteiger partial charge is 0.254 e. The molecule has 0 saturated heterocycles. The SMILES string of the molecule is COc1ccc(C2=NN(C(=O)CSc3nnc(CNC(=O)c4ccccc4F)n3C)C(c3cccc(OC)c3OC)C2)cc1. The molecule has 1 atom stereocenters. The minimum absolute atomic E-state index is 0.0235. The molecule has 2 amide bonds. The minimum atomic E-state index is -0.609. The van der Waals surface area contributed by atoms with E-state index in [0.717, 1.165) is 22.6 Å². The van der Waals surface area contributed by atoms with Crippen LogP contribution in [-0.2, 0) is 18.4 Å². The summed E-state index contributed by atoms with van der Waals surface area (Å²) in [6.45, 7) is 0.0323. The van der Waals surface area contributed by atoms with Crippen LogP contribution in [0.2, 0.25) is 0 Å². The summed E-state index contributed by atoms with van der Waals surface area (Å²) in [5.41, 5.74) is 2.32. The summed E-state index contributed by atoms with van der Waals surface area (Å²) in [6, 6.07) is 18.4. The molecule has 2 heterocycles. The number of nitrogens with one attached hydrogen (secondary N) is 1. The molecule has 13 heteroatoms. The number of benzene rings is 3. The van der Waals surface area contributed by atoms with Crippen LogP contribution >= 0.6 is 11.8 Å². The average molecular weight is 619 g/mol. The van der Waals surface area contributed by atoms with E-state index in [9.17, 15) is 14.0 Å². The van der Waals surface area contributed by atoms with E-state index in [1.54, 1.807) is 45.1 Å². The second-order valence-corrected chi connectivity index (χ2v) is 10.7. The molecule has 1 aliphatic rings. The number of carbonyl (C=O) groups is 2. The standard InChI is InChI=1S/C31H31FN6O5S/c1-37-27(17-33-30(40)21-8-5-6-10-23(21)32)34-35-31(37)44-18-28(39)38-25(22-9-7-11-26(42-3)29(22)43-4)16-24(36-38)19-12-14-20(41-2)15-13-19/h5-15,25H,16-18H2,1-4H3,(H,33,40). The Morgan fingerprint density at radius 1 is 0.977 bits per heavy atom. The fraction of sp³-hybridized carbons (Fsp3) is 0.258. The molecule has 11 nitrogen and oxygen atoms in total. The van der Waals surface area contributed by atoms with E-state index in [2.05, 4.69) is 15.5 Å². The highest BCUT2D eigenvalue weighted by Gasteiger charge is 2.35. The van der Waals surface area contributed by atoms with Gasteiger partial charge in [-0.3, -0.25) is 9.59 Å². The molecule has 0 saturated carbocycles. The largest absolute Gasteiger partial charge is 0.497 e. The fourth-order valence-electron chi connectivity index (χ4n) is 4.83. The number of para-hydroxylation sites is 1. The van der Waals surface area contributed by atoms with E-state index in [1.807, 2.05) is 36.4 Å². The molecular formula is C31H31FN6O5S. The Labute approximate surface area is 258 Å². The molecule has 0 spiro atoms. The molecule has 1 aliphatic heterocycles. The number of thioether (sulfide) groups is 1. The minimum Gasteiger partial charge on any atom is -0.497 e. The monoisotopic (exact) mass is 618 g/mol. The average Bonchev–Trinajstić information content (AvgIpc) is 3.66. The van der Waals surface area contributed by atoms with Gasteiger partial charge < -0.3 is 24.1 Å². The molecule has 5 rings (SSSR count). The fourth-order valence-corrected chi connectivity index (χ4v) is 5.61. The third kappa shape index (κ3) is 6.37. The van der Waals surface area contributed by atoms with Crippen molar-refractivity contribution in [1.29, 1.82) is 0 Å². The van der Waals surface area contributed by atoms with Crippen molar-refractivity contribution in [2.75, 3.05) is 27.1 Å². The summed E-state index contributed by atoms with van der Waals surface area (Å²) < 4.78 is 32.1. The van der Waals surface area contributed by atoms with Crippen LogP contribution in [0.25, 0.3) is 0 Å². The lowest BCUT2D eigenvalue weighted by molar-refractivity contribution is -0.130. The lowest BCUT2D eigenvalue weighted by Crippen LogP contribution is -2.29. The number of hydrazone groups is 1. The van der Waals surface area contributed by atoms with Crippen molar-refractivity contribution in [2.45, 2.75) is 24.2 Å². The van der Waals surface area contributed by atoms with E-state index in [-0.39, 0.29) is 23.8 Å². The highest BCUT2D eigenvalue weighted by atomic mass is 32.2. The van der Waals surface area contributed by atoms with Crippen LogP contribution in [0.15, 0.2) is 77.0 Å². The number of hydrogen-bond acceptors (Lipinski definition) is 9. The van der Waals surface area contributed by atoms with Gasteiger partial charge in [-0.05, 0) is 48.0 Å². The quantitative estimate of drug-likeness (QED) is 0.246. The number of halogens is 1. The van der Waals surface area contributed by atoms with Crippen LogP contribution in [0.1, 0.15) is 39.8 Å². The van der Waals surface area contributed by atoms with Crippen molar-refractivity contribution in [1.82, 2.24) is 25.1 Å². The van der Waals surface area contributed by atoms with Crippen LogP contribution in [0.3, 0.4) is 0 Å². The first-order chi connectivity index (χ1) is 21.3. The van der Waals surface area contributed by atoms with Crippen molar-refractivity contribution in [3.8, 4) is 17.2 Å². The maximum atomic E-state index is 14.0. The van der Waals surface area contributed by atoms with E-state index in [4.69, 9.17) is 19.3 Å². The molecule has 44 heavy (non-hydrogen) atoms. The number of hydrogen-bond donors (Lipinski definition) is 1. The summed E-state index contributed by atoms with van der Waals surface area (Å²) in [5.74, 6) is 0.866.